The Balaban J connectivity index is 3.87. The van der Waals surface area contributed by atoms with Crippen LogP contribution in [0.4, 0.5) is 0 Å². The van der Waals surface area contributed by atoms with E-state index in [-0.39, 0.29) is 10.2 Å². The van der Waals surface area contributed by atoms with Crippen LogP contribution in [0.25, 0.3) is 0 Å². The van der Waals surface area contributed by atoms with Crippen molar-refractivity contribution in [2.75, 3.05) is 0 Å². The second-order valence-electron chi connectivity index (χ2n) is 2.17. The molecule has 0 heterocycles. The molecule has 0 N–H and O–H groups in total. The smallest absolute Gasteiger partial charge is 0.260 e. The largest absolute Gasteiger partial charge is 0.558 e. The molecular weight excluding hydrogens is 218 g/mol. The average Bonchev–Trinajstić information content (AvgIpc) is 2.00. The third-order valence-electron chi connectivity index (χ3n) is 1.11. The van der Waals surface area contributed by atoms with E-state index < -0.39 is 8.03 Å². The van der Waals surface area contributed by atoms with Gasteiger partial charge in [0, 0.05) is 6.42 Å². The highest BCUT2D eigenvalue weighted by Crippen LogP contribution is 2.32. The summed E-state index contributed by atoms with van der Waals surface area (Å²) in [5, 5.41) is 0. The molecule has 0 aliphatic heterocycles. The van der Waals surface area contributed by atoms with Crippen molar-refractivity contribution in [2.45, 2.75) is 19.0 Å². The maximum atomic E-state index is 11.2. The summed E-state index contributed by atoms with van der Waals surface area (Å²) >= 11 is 10.5. The maximum Gasteiger partial charge on any atom is 0.558 e. The zero-order valence-corrected chi connectivity index (χ0v) is 9.07. The van der Waals surface area contributed by atoms with E-state index >= 15 is 0 Å². The zero-order valence-electron chi connectivity index (χ0n) is 6.67. The van der Waals surface area contributed by atoms with Crippen LogP contribution < -0.4 is 0 Å². The number of hydrogen-bond acceptors (Lipinski definition) is 2. The van der Waals surface area contributed by atoms with Crippen LogP contribution >= 0.6 is 31.2 Å². The topological polar surface area (TPSA) is 26.3 Å². The number of rotatable bonds is 5. The molecule has 5 heteroatoms. The normalized spacial score (nSPS) is 13.1. The molecule has 0 bridgehead atoms. The highest BCUT2D eigenvalue weighted by Gasteiger charge is 2.26. The van der Waals surface area contributed by atoms with Gasteiger partial charge in [-0.25, -0.2) is 0 Å². The van der Waals surface area contributed by atoms with E-state index in [2.05, 4.69) is 6.58 Å². The Kier molecular flexibility index (Phi) is 6.45. The Morgan fingerprint density at radius 3 is 2.75 bits per heavy atom. The summed E-state index contributed by atoms with van der Waals surface area (Å²) in [4.78, 5) is 0. The van der Waals surface area contributed by atoms with Crippen molar-refractivity contribution in [2.24, 2.45) is 0 Å². The Bertz CT molecular complexity index is 200. The summed E-state index contributed by atoms with van der Waals surface area (Å²) in [6.07, 6.45) is 3.40. The second kappa shape index (κ2) is 6.47. The molecule has 0 rings (SSSR count). The lowest BCUT2D eigenvalue weighted by Crippen LogP contribution is -1.92. The summed E-state index contributed by atoms with van der Waals surface area (Å²) in [5.74, 6) is 0. The molecule has 0 aliphatic carbocycles. The predicted molar refractivity (Wildman–Crippen MR) is 52.8 cm³/mol. The van der Waals surface area contributed by atoms with Gasteiger partial charge in [-0.3, -0.25) is 4.52 Å². The maximum absolute atomic E-state index is 11.2. The molecule has 0 saturated carbocycles. The molecule has 0 saturated heterocycles. The molecular formula is C7H10Cl2O2P+. The predicted octanol–water partition coefficient (Wildman–Crippen LogP) is 3.99. The molecule has 0 aromatic rings. The Labute approximate surface area is 83.1 Å². The third kappa shape index (κ3) is 5.59. The van der Waals surface area contributed by atoms with Gasteiger partial charge in [0.25, 0.3) is 0 Å². The van der Waals surface area contributed by atoms with Crippen LogP contribution in [0.1, 0.15) is 13.3 Å². The molecule has 0 fully saturated rings. The summed E-state index contributed by atoms with van der Waals surface area (Å²) in [7, 11) is -1.75. The molecule has 68 valence electrons. The van der Waals surface area contributed by atoms with Crippen molar-refractivity contribution in [3.63, 3.8) is 0 Å². The minimum atomic E-state index is -1.75. The van der Waals surface area contributed by atoms with E-state index in [0.29, 0.717) is 6.42 Å². The highest BCUT2D eigenvalue weighted by atomic mass is 35.5. The number of hydrogen-bond donors (Lipinski definition) is 0. The summed E-state index contributed by atoms with van der Waals surface area (Å²) < 4.78 is 15.9. The highest BCUT2D eigenvalue weighted by molar-refractivity contribution is 7.40. The molecule has 0 aliphatic rings. The first-order valence-electron chi connectivity index (χ1n) is 3.33. The Morgan fingerprint density at radius 2 is 2.33 bits per heavy atom. The van der Waals surface area contributed by atoms with Gasteiger partial charge in [0.1, 0.15) is 4.49 Å². The van der Waals surface area contributed by atoms with Crippen LogP contribution in [0, 0.1) is 0 Å². The van der Waals surface area contributed by atoms with E-state index in [1.165, 1.54) is 0 Å². The van der Waals surface area contributed by atoms with Crippen molar-refractivity contribution in [1.82, 2.24) is 0 Å². The van der Waals surface area contributed by atoms with Gasteiger partial charge < -0.3 is 0 Å². The van der Waals surface area contributed by atoms with Crippen LogP contribution in [0.5, 0.6) is 0 Å². The van der Waals surface area contributed by atoms with Crippen LogP contribution in [0.15, 0.2) is 23.4 Å². The third-order valence-corrected chi connectivity index (χ3v) is 2.54. The monoisotopic (exact) mass is 227 g/mol. The van der Waals surface area contributed by atoms with Crippen molar-refractivity contribution in [3.05, 3.63) is 23.4 Å². The van der Waals surface area contributed by atoms with E-state index in [0.717, 1.165) is 6.26 Å². The lowest BCUT2D eigenvalue weighted by molar-refractivity contribution is 0.453. The van der Waals surface area contributed by atoms with Gasteiger partial charge in [-0.05, 0) is 11.5 Å². The van der Waals surface area contributed by atoms with Gasteiger partial charge in [-0.15, -0.1) is 6.58 Å². The van der Waals surface area contributed by atoms with Gasteiger partial charge in [0.2, 0.25) is 0 Å². The van der Waals surface area contributed by atoms with Crippen molar-refractivity contribution in [1.29, 1.82) is 0 Å². The Hall–Kier alpha value is -0.0400. The average molecular weight is 228 g/mol. The number of halogens is 2. The first-order valence-corrected chi connectivity index (χ1v) is 5.33. The molecule has 2 nitrogen and oxygen atoms in total. The second-order valence-corrected chi connectivity index (χ2v) is 4.84. The minimum Gasteiger partial charge on any atom is -0.260 e. The summed E-state index contributed by atoms with van der Waals surface area (Å²) in [5.41, 5.74) is -0.0681. The van der Waals surface area contributed by atoms with E-state index in [1.807, 2.05) is 0 Å². The molecule has 12 heavy (non-hydrogen) atoms. The molecule has 0 spiro atoms. The van der Waals surface area contributed by atoms with Crippen molar-refractivity contribution < 1.29 is 9.09 Å². The lowest BCUT2D eigenvalue weighted by atomic mass is 10.3. The standard InChI is InChI=1S/C7H10Cl2O2P/c1-3-4-6(2)12(10)11-5-7(8)9/h3,5-6H,1,4H2,2H3/q+1. The van der Waals surface area contributed by atoms with Crippen LogP contribution in [-0.4, -0.2) is 5.66 Å². The van der Waals surface area contributed by atoms with Gasteiger partial charge in [-0.2, -0.15) is 0 Å². The molecule has 0 aromatic carbocycles. The molecule has 0 amide bonds. The van der Waals surface area contributed by atoms with Crippen molar-refractivity contribution >= 4 is 31.2 Å². The molecule has 0 aromatic heterocycles. The fourth-order valence-corrected chi connectivity index (χ4v) is 1.47. The van der Waals surface area contributed by atoms with E-state index in [1.54, 1.807) is 13.0 Å². The molecule has 2 atom stereocenters. The van der Waals surface area contributed by atoms with Crippen molar-refractivity contribution in [3.8, 4) is 0 Å². The van der Waals surface area contributed by atoms with E-state index in [9.17, 15) is 4.57 Å². The van der Waals surface area contributed by atoms with Gasteiger partial charge in [-0.1, -0.05) is 29.3 Å². The fourth-order valence-electron chi connectivity index (χ4n) is 0.523. The first kappa shape index (κ1) is 12.0. The zero-order chi connectivity index (χ0) is 9.56. The SMILES string of the molecule is C=CCC(C)[P+](=O)OC=C(Cl)Cl. The fraction of sp³-hybridized carbons (Fsp3) is 0.429. The molecule has 0 radical (unpaired) electrons. The lowest BCUT2D eigenvalue weighted by Gasteiger charge is -1.91. The summed E-state index contributed by atoms with van der Waals surface area (Å²) in [6.45, 7) is 5.33. The van der Waals surface area contributed by atoms with Gasteiger partial charge >= 0.3 is 8.03 Å². The van der Waals surface area contributed by atoms with Crippen LogP contribution in [0.3, 0.4) is 0 Å². The molecule has 2 unspecified atom stereocenters. The Morgan fingerprint density at radius 1 is 1.75 bits per heavy atom. The summed E-state index contributed by atoms with van der Waals surface area (Å²) in [6, 6.07) is 0. The number of allylic oxidation sites excluding steroid dienone is 1. The van der Waals surface area contributed by atoms with Gasteiger partial charge in [0.15, 0.2) is 11.9 Å². The minimum absolute atomic E-state index is 0.0378. The van der Waals surface area contributed by atoms with Crippen LogP contribution in [-0.2, 0) is 9.09 Å². The first-order chi connectivity index (χ1) is 5.57. The quantitative estimate of drug-likeness (QED) is 0.404. The van der Waals surface area contributed by atoms with E-state index in [4.69, 9.17) is 27.7 Å². The van der Waals surface area contributed by atoms with Gasteiger partial charge in [0.05, 0.1) is 0 Å². The van der Waals surface area contributed by atoms with Crippen LogP contribution in [0.2, 0.25) is 0 Å².